The van der Waals surface area contributed by atoms with Crippen LogP contribution in [-0.4, -0.2) is 34.2 Å². The molecule has 0 radical (unpaired) electrons. The highest BCUT2D eigenvalue weighted by Crippen LogP contribution is 2.24. The van der Waals surface area contributed by atoms with Crippen molar-refractivity contribution >= 4 is 15.7 Å². The van der Waals surface area contributed by atoms with Gasteiger partial charge in [-0.05, 0) is 36.6 Å². The van der Waals surface area contributed by atoms with Crippen LogP contribution in [0, 0.1) is 0 Å². The van der Waals surface area contributed by atoms with E-state index in [-0.39, 0.29) is 23.6 Å². The Hall–Kier alpha value is -2.55. The fraction of sp³-hybridized carbons (Fsp3) is 0.316. The summed E-state index contributed by atoms with van der Waals surface area (Å²) in [7, 11) is -2.17. The summed E-state index contributed by atoms with van der Waals surface area (Å²) in [4.78, 5) is 10.9. The minimum atomic E-state index is -4.91. The van der Waals surface area contributed by atoms with E-state index < -0.39 is 21.9 Å². The highest BCUT2D eigenvalue weighted by molar-refractivity contribution is 7.90. The first-order valence-electron chi connectivity index (χ1n) is 8.42. The van der Waals surface area contributed by atoms with E-state index >= 15 is 0 Å². The highest BCUT2D eigenvalue weighted by Gasteiger charge is 2.38. The van der Waals surface area contributed by atoms with Gasteiger partial charge in [-0.25, -0.2) is 8.42 Å². The summed E-state index contributed by atoms with van der Waals surface area (Å²) in [5.74, 6) is -1.74. The van der Waals surface area contributed by atoms with Gasteiger partial charge in [0.25, 0.3) is 0 Å². The molecule has 1 amide bonds. The number of carbonyl (C=O) groups is 1. The normalized spacial score (nSPS) is 11.9. The molecule has 0 atom stereocenters. The molecule has 0 saturated heterocycles. The van der Waals surface area contributed by atoms with Crippen molar-refractivity contribution < 1.29 is 31.1 Å². The Morgan fingerprint density at radius 2 is 1.82 bits per heavy atom. The van der Waals surface area contributed by atoms with E-state index in [2.05, 4.69) is 0 Å². The first-order chi connectivity index (χ1) is 13.1. The molecule has 28 heavy (non-hydrogen) atoms. The van der Waals surface area contributed by atoms with Crippen LogP contribution in [0.25, 0.3) is 0 Å². The number of carbonyl (C=O) groups excluding carboxylic acids is 1. The van der Waals surface area contributed by atoms with Gasteiger partial charge in [0.1, 0.15) is 5.75 Å². The van der Waals surface area contributed by atoms with Gasteiger partial charge >= 0.3 is 12.1 Å². The Balaban J connectivity index is 2.02. The number of hydrogen-bond donors (Lipinski definition) is 1. The van der Waals surface area contributed by atoms with Crippen molar-refractivity contribution in [2.75, 3.05) is 13.7 Å². The molecule has 0 heterocycles. The summed E-state index contributed by atoms with van der Waals surface area (Å²) in [6.45, 7) is -0.156. The molecule has 1 N–H and O–H groups in total. The van der Waals surface area contributed by atoms with Crippen molar-refractivity contribution in [1.29, 1.82) is 0 Å². The number of rotatable bonds is 8. The molecule has 9 heteroatoms. The van der Waals surface area contributed by atoms with E-state index in [0.29, 0.717) is 23.3 Å². The maximum absolute atomic E-state index is 12.7. The summed E-state index contributed by atoms with van der Waals surface area (Å²) >= 11 is 0. The maximum atomic E-state index is 12.7. The second-order valence-corrected chi connectivity index (χ2v) is 8.07. The van der Waals surface area contributed by atoms with Crippen LogP contribution < -0.4 is 10.1 Å². The molecule has 0 saturated carbocycles. The Labute approximate surface area is 161 Å². The van der Waals surface area contributed by atoms with E-state index in [1.165, 1.54) is 19.2 Å². The number of ether oxygens (including phenoxy) is 1. The third-order valence-corrected chi connectivity index (χ3v) is 5.64. The van der Waals surface area contributed by atoms with Gasteiger partial charge < -0.3 is 10.1 Å². The van der Waals surface area contributed by atoms with Gasteiger partial charge in [-0.3, -0.25) is 4.79 Å². The molecular weight excluding hydrogens is 395 g/mol. The Kier molecular flexibility index (Phi) is 7.06. The zero-order chi connectivity index (χ0) is 20.8. The molecule has 152 valence electrons. The summed E-state index contributed by atoms with van der Waals surface area (Å²) < 4.78 is 67.0. The second kappa shape index (κ2) is 9.09. The van der Waals surface area contributed by atoms with E-state index in [0.717, 1.165) is 0 Å². The largest absolute Gasteiger partial charge is 0.496 e. The van der Waals surface area contributed by atoms with Crippen LogP contribution in [0.1, 0.15) is 17.5 Å². The molecule has 5 nitrogen and oxygen atoms in total. The second-order valence-electron chi connectivity index (χ2n) is 6.08. The Bertz CT molecular complexity index is 927. The van der Waals surface area contributed by atoms with Crippen molar-refractivity contribution in [2.45, 2.75) is 29.7 Å². The lowest BCUT2D eigenvalue weighted by Crippen LogP contribution is -2.37. The minimum absolute atomic E-state index is 0.121. The summed E-state index contributed by atoms with van der Waals surface area (Å²) in [5.41, 5.74) is 1.19. The number of amides is 1. The number of hydrogen-bond acceptors (Lipinski definition) is 4. The molecule has 2 aromatic rings. The number of methoxy groups -OCH3 is 1. The van der Waals surface area contributed by atoms with Gasteiger partial charge in [-0.2, -0.15) is 13.2 Å². The molecule has 0 fully saturated rings. The lowest BCUT2D eigenvalue weighted by Gasteiger charge is -2.11. The van der Waals surface area contributed by atoms with E-state index in [1.54, 1.807) is 41.7 Å². The molecule has 0 bridgehead atoms. The molecule has 0 aromatic heterocycles. The van der Waals surface area contributed by atoms with Gasteiger partial charge in [-0.15, -0.1) is 0 Å². The van der Waals surface area contributed by atoms with Crippen LogP contribution in [0.3, 0.4) is 0 Å². The summed E-state index contributed by atoms with van der Waals surface area (Å²) in [6, 6.07) is 13.1. The average molecular weight is 415 g/mol. The number of nitrogens with one attached hydrogen (secondary N) is 1. The van der Waals surface area contributed by atoms with Crippen LogP contribution >= 0.6 is 0 Å². The molecule has 2 aromatic carbocycles. The topological polar surface area (TPSA) is 72.5 Å². The quantitative estimate of drug-likeness (QED) is 0.672. The van der Waals surface area contributed by atoms with Crippen LogP contribution in [0.15, 0.2) is 53.4 Å². The third-order valence-electron chi connectivity index (χ3n) is 3.98. The third kappa shape index (κ3) is 5.98. The lowest BCUT2D eigenvalue weighted by molar-refractivity contribution is -0.173. The molecule has 0 aliphatic heterocycles. The minimum Gasteiger partial charge on any atom is -0.496 e. The fourth-order valence-electron chi connectivity index (χ4n) is 2.60. The van der Waals surface area contributed by atoms with Gasteiger partial charge in [0.15, 0.2) is 9.84 Å². The zero-order valence-corrected chi connectivity index (χ0v) is 15.9. The van der Waals surface area contributed by atoms with Crippen LogP contribution in [0.5, 0.6) is 5.75 Å². The lowest BCUT2D eigenvalue weighted by atomic mass is 10.1. The van der Waals surface area contributed by atoms with Gasteiger partial charge in [0.05, 0.1) is 17.8 Å². The zero-order valence-electron chi connectivity index (χ0n) is 15.1. The molecule has 0 spiro atoms. The Morgan fingerprint density at radius 3 is 2.50 bits per heavy atom. The first-order valence-corrected chi connectivity index (χ1v) is 10.1. The van der Waals surface area contributed by atoms with Crippen molar-refractivity contribution in [3.8, 4) is 5.75 Å². The number of para-hydroxylation sites is 1. The van der Waals surface area contributed by atoms with E-state index in [1.807, 2.05) is 0 Å². The van der Waals surface area contributed by atoms with Crippen molar-refractivity contribution in [3.63, 3.8) is 0 Å². The number of halogens is 3. The van der Waals surface area contributed by atoms with Gasteiger partial charge in [-0.1, -0.05) is 30.3 Å². The first kappa shape index (κ1) is 21.7. The Morgan fingerprint density at radius 1 is 1.11 bits per heavy atom. The van der Waals surface area contributed by atoms with Crippen LogP contribution in [0.2, 0.25) is 0 Å². The molecule has 0 aliphatic carbocycles. The SMILES string of the molecule is COc1ccccc1CS(=O)(=O)c1cccc(CCCNC(=O)C(F)(F)F)c1. The molecule has 2 rings (SSSR count). The monoisotopic (exact) mass is 415 g/mol. The van der Waals surface area contributed by atoms with Crippen molar-refractivity contribution in [1.82, 2.24) is 5.32 Å². The van der Waals surface area contributed by atoms with Gasteiger partial charge in [0.2, 0.25) is 0 Å². The summed E-state index contributed by atoms with van der Waals surface area (Å²) in [6.07, 6.45) is -4.33. The van der Waals surface area contributed by atoms with E-state index in [9.17, 15) is 26.4 Å². The number of sulfone groups is 1. The maximum Gasteiger partial charge on any atom is 0.471 e. The van der Waals surface area contributed by atoms with Crippen molar-refractivity contribution in [3.05, 3.63) is 59.7 Å². The average Bonchev–Trinajstić information content (AvgIpc) is 2.64. The van der Waals surface area contributed by atoms with Crippen molar-refractivity contribution in [2.24, 2.45) is 0 Å². The smallest absolute Gasteiger partial charge is 0.471 e. The van der Waals surface area contributed by atoms with Gasteiger partial charge in [0, 0.05) is 12.1 Å². The summed E-state index contributed by atoms with van der Waals surface area (Å²) in [5, 5.41) is 1.79. The predicted octanol–water partition coefficient (Wildman–Crippen LogP) is 3.28. The molecular formula is C19H20F3NO4S. The fourth-order valence-corrected chi connectivity index (χ4v) is 4.03. The predicted molar refractivity (Wildman–Crippen MR) is 97.7 cm³/mol. The van der Waals surface area contributed by atoms with E-state index in [4.69, 9.17) is 4.74 Å². The number of alkyl halides is 3. The molecule has 0 aliphatic rings. The number of aryl methyl sites for hydroxylation is 1. The number of benzene rings is 2. The van der Waals surface area contributed by atoms with Crippen LogP contribution in [-0.2, 0) is 26.8 Å². The molecule has 0 unspecified atom stereocenters. The standard InChI is InChI=1S/C19H20F3NO4S/c1-27-17-10-3-2-8-15(17)13-28(25,26)16-9-4-6-14(12-16)7-5-11-23-18(24)19(20,21)22/h2-4,6,8-10,12H,5,7,11,13H2,1H3,(H,23,24). The van der Waals surface area contributed by atoms with Crippen LogP contribution in [0.4, 0.5) is 13.2 Å². The highest BCUT2D eigenvalue weighted by atomic mass is 32.2.